The molecule has 4 aromatic rings. The Morgan fingerprint density at radius 1 is 0.800 bits per heavy atom. The molecule has 0 radical (unpaired) electrons. The van der Waals surface area contributed by atoms with Crippen molar-refractivity contribution in [3.8, 4) is 11.5 Å². The summed E-state index contributed by atoms with van der Waals surface area (Å²) >= 11 is 0. The van der Waals surface area contributed by atoms with Gasteiger partial charge in [0.2, 0.25) is 5.91 Å². The molecular formula is C25H20N2O3. The first kappa shape index (κ1) is 19.3. The molecule has 0 bridgehead atoms. The van der Waals surface area contributed by atoms with Crippen molar-refractivity contribution in [2.75, 3.05) is 5.32 Å². The molecule has 1 amide bonds. The predicted molar refractivity (Wildman–Crippen MR) is 117 cm³/mol. The molecule has 0 saturated carbocycles. The van der Waals surface area contributed by atoms with Gasteiger partial charge >= 0.3 is 0 Å². The smallest absolute Gasteiger partial charge is 0.224 e. The molecule has 4 rings (SSSR count). The molecule has 0 aliphatic carbocycles. The molecule has 3 aromatic carbocycles. The summed E-state index contributed by atoms with van der Waals surface area (Å²) in [7, 11) is 0. The Hall–Kier alpha value is -3.99. The molecule has 30 heavy (non-hydrogen) atoms. The highest BCUT2D eigenvalue weighted by Crippen LogP contribution is 2.29. The maximum absolute atomic E-state index is 12.7. The number of nitrogens with one attached hydrogen (secondary N) is 1. The van der Waals surface area contributed by atoms with Crippen molar-refractivity contribution in [1.82, 2.24) is 4.98 Å². The van der Waals surface area contributed by atoms with Crippen LogP contribution in [-0.4, -0.2) is 16.7 Å². The average Bonchev–Trinajstić information content (AvgIpc) is 2.79. The summed E-state index contributed by atoms with van der Waals surface area (Å²) in [5, 5.41) is 4.59. The minimum absolute atomic E-state index is 0.0589. The molecule has 0 saturated heterocycles. The first-order valence-electron chi connectivity index (χ1n) is 9.69. The van der Waals surface area contributed by atoms with Gasteiger partial charge in [-0.2, -0.15) is 0 Å². The van der Waals surface area contributed by atoms with Crippen LogP contribution in [0.2, 0.25) is 0 Å². The van der Waals surface area contributed by atoms with E-state index >= 15 is 0 Å². The Morgan fingerprint density at radius 3 is 2.40 bits per heavy atom. The monoisotopic (exact) mass is 396 g/mol. The van der Waals surface area contributed by atoms with E-state index < -0.39 is 0 Å². The number of ether oxygens (including phenoxy) is 1. The third-order valence-corrected chi connectivity index (χ3v) is 4.65. The van der Waals surface area contributed by atoms with Gasteiger partial charge in [-0.15, -0.1) is 0 Å². The van der Waals surface area contributed by atoms with E-state index in [9.17, 15) is 9.59 Å². The van der Waals surface area contributed by atoms with Gasteiger partial charge in [-0.1, -0.05) is 54.6 Å². The lowest BCUT2D eigenvalue weighted by Crippen LogP contribution is -2.14. The maximum atomic E-state index is 12.7. The highest BCUT2D eigenvalue weighted by Gasteiger charge is 2.15. The van der Waals surface area contributed by atoms with Gasteiger partial charge in [0.25, 0.3) is 0 Å². The van der Waals surface area contributed by atoms with Crippen molar-refractivity contribution in [2.24, 2.45) is 0 Å². The lowest BCUT2D eigenvalue weighted by molar-refractivity contribution is -0.116. The molecule has 0 aliphatic rings. The van der Waals surface area contributed by atoms with E-state index in [-0.39, 0.29) is 24.5 Å². The number of pyridine rings is 1. The number of rotatable bonds is 7. The van der Waals surface area contributed by atoms with Crippen LogP contribution in [0.1, 0.15) is 23.3 Å². The fourth-order valence-electron chi connectivity index (χ4n) is 3.17. The second-order valence-corrected chi connectivity index (χ2v) is 6.76. The van der Waals surface area contributed by atoms with Gasteiger partial charge < -0.3 is 10.1 Å². The van der Waals surface area contributed by atoms with E-state index in [1.165, 1.54) is 0 Å². The maximum Gasteiger partial charge on any atom is 0.224 e. The van der Waals surface area contributed by atoms with E-state index in [1.807, 2.05) is 72.8 Å². The van der Waals surface area contributed by atoms with Crippen LogP contribution < -0.4 is 10.1 Å². The lowest BCUT2D eigenvalue weighted by atomic mass is 10.0. The number of para-hydroxylation sites is 3. The third-order valence-electron chi connectivity index (χ3n) is 4.65. The van der Waals surface area contributed by atoms with Crippen LogP contribution in [0, 0.1) is 0 Å². The first-order valence-corrected chi connectivity index (χ1v) is 9.69. The van der Waals surface area contributed by atoms with Gasteiger partial charge in [0.1, 0.15) is 11.4 Å². The fourth-order valence-corrected chi connectivity index (χ4v) is 3.17. The number of hydrogen-bond donors (Lipinski definition) is 1. The zero-order valence-electron chi connectivity index (χ0n) is 16.2. The molecule has 0 unspecified atom stereocenters. The Balaban J connectivity index is 1.41. The number of nitrogens with zero attached hydrogens (tertiary/aromatic N) is 1. The molecule has 0 atom stereocenters. The first-order chi connectivity index (χ1) is 14.7. The van der Waals surface area contributed by atoms with E-state index in [0.29, 0.717) is 22.9 Å². The van der Waals surface area contributed by atoms with Crippen molar-refractivity contribution in [3.05, 3.63) is 96.8 Å². The van der Waals surface area contributed by atoms with Crippen LogP contribution in [0.5, 0.6) is 11.5 Å². The van der Waals surface area contributed by atoms with Crippen molar-refractivity contribution in [2.45, 2.75) is 12.8 Å². The summed E-state index contributed by atoms with van der Waals surface area (Å²) in [4.78, 5) is 29.4. The van der Waals surface area contributed by atoms with E-state index in [0.717, 1.165) is 10.8 Å². The van der Waals surface area contributed by atoms with Crippen LogP contribution in [0.25, 0.3) is 10.8 Å². The molecule has 1 heterocycles. The quantitative estimate of drug-likeness (QED) is 0.411. The summed E-state index contributed by atoms with van der Waals surface area (Å²) in [6.45, 7) is 0. The van der Waals surface area contributed by atoms with Crippen molar-refractivity contribution in [1.29, 1.82) is 0 Å². The van der Waals surface area contributed by atoms with Gasteiger partial charge in [0, 0.05) is 24.4 Å². The number of carbonyl (C=O) groups excluding carboxylic acids is 2. The van der Waals surface area contributed by atoms with Crippen molar-refractivity contribution >= 4 is 28.2 Å². The molecule has 5 nitrogen and oxygen atoms in total. The zero-order chi connectivity index (χ0) is 20.8. The summed E-state index contributed by atoms with van der Waals surface area (Å²) in [5.41, 5.74) is 0.954. The van der Waals surface area contributed by atoms with Crippen LogP contribution >= 0.6 is 0 Å². The number of Topliss-reactive ketones (excluding diaryl/α,β-unsaturated/α-hetero) is 1. The predicted octanol–water partition coefficient (Wildman–Crippen LogP) is 5.63. The molecule has 148 valence electrons. The Morgan fingerprint density at radius 2 is 1.53 bits per heavy atom. The average molecular weight is 396 g/mol. The number of amides is 1. The van der Waals surface area contributed by atoms with Gasteiger partial charge in [-0.05, 0) is 35.7 Å². The minimum Gasteiger partial charge on any atom is -0.455 e. The number of carbonyl (C=O) groups is 2. The van der Waals surface area contributed by atoms with Gasteiger partial charge in [0.15, 0.2) is 11.5 Å². The Bertz CT molecular complexity index is 1180. The van der Waals surface area contributed by atoms with Crippen LogP contribution in [-0.2, 0) is 4.79 Å². The largest absolute Gasteiger partial charge is 0.455 e. The van der Waals surface area contributed by atoms with Crippen LogP contribution in [0.4, 0.5) is 5.69 Å². The molecule has 1 aromatic heterocycles. The summed E-state index contributed by atoms with van der Waals surface area (Å²) in [6, 6.07) is 26.0. The number of fused-ring (bicyclic) bond motifs is 1. The Kier molecular flexibility index (Phi) is 5.80. The summed E-state index contributed by atoms with van der Waals surface area (Å²) in [5.74, 6) is 0.805. The van der Waals surface area contributed by atoms with E-state index in [2.05, 4.69) is 10.3 Å². The standard InChI is InChI=1S/C25H20N2O3/c28-22(25-20-11-5-4-8-18(20)16-17-26-25)14-15-24(29)27-21-12-6-7-13-23(21)30-19-9-2-1-3-10-19/h1-13,16-17H,14-15H2,(H,27,29). The molecule has 0 aliphatic heterocycles. The van der Waals surface area contributed by atoms with Gasteiger partial charge in [-0.3, -0.25) is 14.6 Å². The fraction of sp³-hybridized carbons (Fsp3) is 0.0800. The number of ketones is 1. The molecule has 5 heteroatoms. The molecule has 1 N–H and O–H groups in total. The highest BCUT2D eigenvalue weighted by atomic mass is 16.5. The molecular weight excluding hydrogens is 376 g/mol. The number of hydrogen-bond acceptors (Lipinski definition) is 4. The molecule has 0 fully saturated rings. The van der Waals surface area contributed by atoms with E-state index in [4.69, 9.17) is 4.74 Å². The Labute approximate surface area is 174 Å². The number of anilines is 1. The SMILES string of the molecule is O=C(CCC(=O)c1nccc2ccccc12)Nc1ccccc1Oc1ccccc1. The van der Waals surface area contributed by atoms with Gasteiger partial charge in [0.05, 0.1) is 5.69 Å². The topological polar surface area (TPSA) is 68.3 Å². The summed E-state index contributed by atoms with van der Waals surface area (Å²) in [6.07, 6.45) is 1.75. The zero-order valence-corrected chi connectivity index (χ0v) is 16.2. The van der Waals surface area contributed by atoms with E-state index in [1.54, 1.807) is 18.3 Å². The second-order valence-electron chi connectivity index (χ2n) is 6.76. The highest BCUT2D eigenvalue weighted by molar-refractivity contribution is 6.07. The lowest BCUT2D eigenvalue weighted by Gasteiger charge is -2.12. The minimum atomic E-state index is -0.257. The third kappa shape index (κ3) is 4.52. The van der Waals surface area contributed by atoms with Gasteiger partial charge in [-0.25, -0.2) is 0 Å². The number of aromatic nitrogens is 1. The molecule has 0 spiro atoms. The number of benzene rings is 3. The normalized spacial score (nSPS) is 10.5. The van der Waals surface area contributed by atoms with Crippen molar-refractivity contribution in [3.63, 3.8) is 0 Å². The van der Waals surface area contributed by atoms with Crippen LogP contribution in [0.3, 0.4) is 0 Å². The second kappa shape index (κ2) is 9.01. The van der Waals surface area contributed by atoms with Crippen LogP contribution in [0.15, 0.2) is 91.1 Å². The van der Waals surface area contributed by atoms with Crippen molar-refractivity contribution < 1.29 is 14.3 Å². The summed E-state index contributed by atoms with van der Waals surface area (Å²) < 4.78 is 5.86.